The van der Waals surface area contributed by atoms with Crippen molar-refractivity contribution in [3.05, 3.63) is 0 Å². The molecule has 0 aromatic carbocycles. The summed E-state index contributed by atoms with van der Waals surface area (Å²) in [6.07, 6.45) is 2.35. The summed E-state index contributed by atoms with van der Waals surface area (Å²) in [4.78, 5) is 17.8. The van der Waals surface area contributed by atoms with Gasteiger partial charge in [-0.1, -0.05) is 0 Å². The van der Waals surface area contributed by atoms with E-state index >= 15 is 0 Å². The number of likely N-dealkylation sites (tertiary alicyclic amines) is 1. The third-order valence-corrected chi connectivity index (χ3v) is 4.01. The van der Waals surface area contributed by atoms with Gasteiger partial charge in [-0.15, -0.1) is 24.0 Å². The van der Waals surface area contributed by atoms with E-state index in [1.54, 1.807) is 0 Å². The van der Waals surface area contributed by atoms with Gasteiger partial charge in [0.25, 0.3) is 0 Å². The van der Waals surface area contributed by atoms with E-state index in [-0.39, 0.29) is 29.9 Å². The SMILES string of the molecule is CCNC(=NCCNC(C)=O)N1CCC2(CCOC2)C1.I. The molecule has 0 aromatic heterocycles. The first kappa shape index (κ1) is 18.5. The summed E-state index contributed by atoms with van der Waals surface area (Å²) in [6, 6.07) is 0. The molecule has 0 radical (unpaired) electrons. The Hall–Kier alpha value is -0.570. The van der Waals surface area contributed by atoms with Gasteiger partial charge in [0.1, 0.15) is 0 Å². The summed E-state index contributed by atoms with van der Waals surface area (Å²) >= 11 is 0. The molecule has 0 bridgehead atoms. The average molecular weight is 410 g/mol. The van der Waals surface area contributed by atoms with Gasteiger partial charge in [-0.2, -0.15) is 0 Å². The fraction of sp³-hybridized carbons (Fsp3) is 0.857. The first-order valence-electron chi connectivity index (χ1n) is 7.51. The highest BCUT2D eigenvalue weighted by atomic mass is 127. The van der Waals surface area contributed by atoms with Crippen LogP contribution < -0.4 is 10.6 Å². The number of rotatable bonds is 4. The normalized spacial score (nSPS) is 25.0. The molecule has 1 unspecified atom stereocenters. The highest BCUT2D eigenvalue weighted by Gasteiger charge is 2.42. The van der Waals surface area contributed by atoms with Crippen LogP contribution in [-0.4, -0.2) is 62.7 Å². The summed E-state index contributed by atoms with van der Waals surface area (Å²) < 4.78 is 5.56. The number of nitrogens with one attached hydrogen (secondary N) is 2. The molecule has 2 aliphatic rings. The van der Waals surface area contributed by atoms with Crippen LogP contribution in [-0.2, 0) is 9.53 Å². The Morgan fingerprint density at radius 1 is 1.38 bits per heavy atom. The molecule has 2 fully saturated rings. The molecule has 1 amide bonds. The predicted molar refractivity (Wildman–Crippen MR) is 94.1 cm³/mol. The Morgan fingerprint density at radius 2 is 2.19 bits per heavy atom. The lowest BCUT2D eigenvalue weighted by Crippen LogP contribution is -2.42. The second-order valence-electron chi connectivity index (χ2n) is 5.69. The molecule has 122 valence electrons. The number of carbonyl (C=O) groups excluding carboxylic acids is 1. The van der Waals surface area contributed by atoms with Crippen molar-refractivity contribution in [2.24, 2.45) is 10.4 Å². The molecule has 2 rings (SSSR count). The van der Waals surface area contributed by atoms with E-state index < -0.39 is 0 Å². The monoisotopic (exact) mass is 410 g/mol. The third kappa shape index (κ3) is 5.28. The third-order valence-electron chi connectivity index (χ3n) is 4.01. The second-order valence-corrected chi connectivity index (χ2v) is 5.69. The van der Waals surface area contributed by atoms with E-state index in [1.807, 2.05) is 0 Å². The molecule has 21 heavy (non-hydrogen) atoms. The molecule has 0 aliphatic carbocycles. The fourth-order valence-electron chi connectivity index (χ4n) is 2.91. The minimum atomic E-state index is -0.00608. The molecule has 0 saturated carbocycles. The van der Waals surface area contributed by atoms with Crippen molar-refractivity contribution in [3.63, 3.8) is 0 Å². The van der Waals surface area contributed by atoms with Crippen molar-refractivity contribution >= 4 is 35.8 Å². The van der Waals surface area contributed by atoms with Crippen LogP contribution in [0.2, 0.25) is 0 Å². The van der Waals surface area contributed by atoms with E-state index in [0.29, 0.717) is 18.5 Å². The van der Waals surface area contributed by atoms with Crippen molar-refractivity contribution in [2.75, 3.05) is 45.9 Å². The molecule has 2 N–H and O–H groups in total. The van der Waals surface area contributed by atoms with Crippen LogP contribution >= 0.6 is 24.0 Å². The second kappa shape index (κ2) is 8.77. The van der Waals surface area contributed by atoms with Crippen molar-refractivity contribution in [1.82, 2.24) is 15.5 Å². The van der Waals surface area contributed by atoms with Crippen LogP contribution in [0.15, 0.2) is 4.99 Å². The molecular formula is C14H27IN4O2. The van der Waals surface area contributed by atoms with Crippen LogP contribution in [0, 0.1) is 5.41 Å². The molecule has 6 nitrogen and oxygen atoms in total. The van der Waals surface area contributed by atoms with Crippen molar-refractivity contribution in [3.8, 4) is 0 Å². The minimum Gasteiger partial charge on any atom is -0.381 e. The molecule has 7 heteroatoms. The van der Waals surface area contributed by atoms with Gasteiger partial charge in [0, 0.05) is 45.1 Å². The van der Waals surface area contributed by atoms with Gasteiger partial charge in [-0.25, -0.2) is 0 Å². The summed E-state index contributed by atoms with van der Waals surface area (Å²) in [7, 11) is 0. The van der Waals surface area contributed by atoms with Crippen LogP contribution in [0.1, 0.15) is 26.7 Å². The smallest absolute Gasteiger partial charge is 0.216 e. The van der Waals surface area contributed by atoms with Gasteiger partial charge in [0.05, 0.1) is 13.2 Å². The first-order chi connectivity index (χ1) is 9.65. The highest BCUT2D eigenvalue weighted by Crippen LogP contribution is 2.38. The quantitative estimate of drug-likeness (QED) is 0.312. The molecular weight excluding hydrogens is 383 g/mol. The maximum absolute atomic E-state index is 10.8. The molecule has 2 heterocycles. The predicted octanol–water partition coefficient (Wildman–Crippen LogP) is 0.818. The van der Waals surface area contributed by atoms with Crippen LogP contribution in [0.25, 0.3) is 0 Å². The molecule has 1 atom stereocenters. The lowest BCUT2D eigenvalue weighted by atomic mass is 9.87. The number of halogens is 1. The minimum absolute atomic E-state index is 0. The molecule has 1 spiro atoms. The fourth-order valence-corrected chi connectivity index (χ4v) is 2.91. The number of hydrogen-bond acceptors (Lipinski definition) is 3. The molecule has 2 aliphatic heterocycles. The lowest BCUT2D eigenvalue weighted by Gasteiger charge is -2.25. The largest absolute Gasteiger partial charge is 0.381 e. The average Bonchev–Trinajstić information content (AvgIpc) is 3.04. The van der Waals surface area contributed by atoms with E-state index in [9.17, 15) is 4.79 Å². The Bertz CT molecular complexity index is 370. The lowest BCUT2D eigenvalue weighted by molar-refractivity contribution is -0.118. The molecule has 2 saturated heterocycles. The Labute approximate surface area is 144 Å². The summed E-state index contributed by atoms with van der Waals surface area (Å²) in [5, 5.41) is 6.11. The van der Waals surface area contributed by atoms with Gasteiger partial charge in [0.2, 0.25) is 5.91 Å². The zero-order chi connectivity index (χ0) is 14.4. The van der Waals surface area contributed by atoms with E-state index in [1.165, 1.54) is 13.3 Å². The number of nitrogens with zero attached hydrogens (tertiary/aromatic N) is 2. The Balaban J connectivity index is 0.00000220. The number of ether oxygens (including phenoxy) is 1. The van der Waals surface area contributed by atoms with Crippen molar-refractivity contribution in [2.45, 2.75) is 26.7 Å². The van der Waals surface area contributed by atoms with Gasteiger partial charge < -0.3 is 20.3 Å². The van der Waals surface area contributed by atoms with Crippen LogP contribution in [0.5, 0.6) is 0 Å². The number of carbonyl (C=O) groups is 1. The van der Waals surface area contributed by atoms with Gasteiger partial charge in [-0.05, 0) is 19.8 Å². The number of hydrogen-bond donors (Lipinski definition) is 2. The van der Waals surface area contributed by atoms with Crippen LogP contribution in [0.3, 0.4) is 0 Å². The van der Waals surface area contributed by atoms with Crippen LogP contribution in [0.4, 0.5) is 0 Å². The maximum Gasteiger partial charge on any atom is 0.216 e. The van der Waals surface area contributed by atoms with Gasteiger partial charge >= 0.3 is 0 Å². The topological polar surface area (TPSA) is 66.0 Å². The zero-order valence-corrected chi connectivity index (χ0v) is 15.3. The maximum atomic E-state index is 10.8. The highest BCUT2D eigenvalue weighted by molar-refractivity contribution is 14.0. The number of guanidine groups is 1. The van der Waals surface area contributed by atoms with Crippen molar-refractivity contribution < 1.29 is 9.53 Å². The summed E-state index contributed by atoms with van der Waals surface area (Å²) in [6.45, 7) is 9.51. The first-order valence-corrected chi connectivity index (χ1v) is 7.51. The zero-order valence-electron chi connectivity index (χ0n) is 13.0. The summed E-state index contributed by atoms with van der Waals surface area (Å²) in [5.41, 5.74) is 0.341. The Kier molecular flexibility index (Phi) is 7.72. The number of amides is 1. The van der Waals surface area contributed by atoms with Crippen molar-refractivity contribution in [1.29, 1.82) is 0 Å². The summed E-state index contributed by atoms with van der Waals surface area (Å²) in [5.74, 6) is 0.954. The molecule has 0 aromatic rings. The Morgan fingerprint density at radius 3 is 2.81 bits per heavy atom. The van der Waals surface area contributed by atoms with E-state index in [4.69, 9.17) is 4.74 Å². The van der Waals surface area contributed by atoms with E-state index in [2.05, 4.69) is 27.4 Å². The number of aliphatic imine (C=N–C) groups is 1. The van der Waals surface area contributed by atoms with Gasteiger partial charge in [-0.3, -0.25) is 9.79 Å². The van der Waals surface area contributed by atoms with Gasteiger partial charge in [0.15, 0.2) is 5.96 Å². The standard InChI is InChI=1S/C14H26N4O2.HI/c1-3-15-13(17-7-6-16-12(2)19)18-8-4-14(10-18)5-9-20-11-14;/h3-11H2,1-2H3,(H,15,17)(H,16,19);1H. The van der Waals surface area contributed by atoms with E-state index in [0.717, 1.165) is 45.2 Å².